The van der Waals surface area contributed by atoms with Gasteiger partial charge in [0, 0.05) is 15.7 Å². The second-order valence-corrected chi connectivity index (χ2v) is 5.63. The largest absolute Gasteiger partial charge is 0.330 e. The Morgan fingerprint density at radius 2 is 1.89 bits per heavy atom. The second-order valence-electron chi connectivity index (χ2n) is 4.38. The average molecular weight is 263 g/mol. The van der Waals surface area contributed by atoms with E-state index in [0.717, 1.165) is 18.4 Å². The molecule has 0 amide bonds. The van der Waals surface area contributed by atoms with Crippen LogP contribution in [0, 0.1) is 5.82 Å². The molecule has 1 atom stereocenters. The minimum atomic E-state index is -0.153. The van der Waals surface area contributed by atoms with Crippen LogP contribution < -0.4 is 5.73 Å². The molecule has 1 aromatic carbocycles. The van der Waals surface area contributed by atoms with Gasteiger partial charge >= 0.3 is 0 Å². The fourth-order valence-corrected chi connectivity index (χ4v) is 3.13. The Balaban J connectivity index is 2.17. The molecular weight excluding hydrogens is 245 g/mol. The fourth-order valence-electron chi connectivity index (χ4n) is 2.09. The Labute approximate surface area is 111 Å². The van der Waals surface area contributed by atoms with Crippen molar-refractivity contribution in [2.45, 2.75) is 25.7 Å². The van der Waals surface area contributed by atoms with Crippen LogP contribution in [0.3, 0.4) is 0 Å². The molecule has 1 unspecified atom stereocenters. The molecule has 96 valence electrons. The molecule has 0 aliphatic heterocycles. The van der Waals surface area contributed by atoms with E-state index in [0.29, 0.717) is 6.54 Å². The van der Waals surface area contributed by atoms with E-state index >= 15 is 0 Å². The van der Waals surface area contributed by atoms with Gasteiger partial charge in [-0.3, -0.25) is 0 Å². The summed E-state index contributed by atoms with van der Waals surface area (Å²) in [6, 6.07) is 11.2. The van der Waals surface area contributed by atoms with E-state index in [-0.39, 0.29) is 11.7 Å². The van der Waals surface area contributed by atoms with Gasteiger partial charge in [0.15, 0.2) is 0 Å². The lowest BCUT2D eigenvalue weighted by atomic mass is 9.95. The van der Waals surface area contributed by atoms with Crippen LogP contribution in [-0.2, 0) is 12.8 Å². The Morgan fingerprint density at radius 1 is 1.17 bits per heavy atom. The molecule has 18 heavy (non-hydrogen) atoms. The minimum Gasteiger partial charge on any atom is -0.330 e. The highest BCUT2D eigenvalue weighted by Crippen LogP contribution is 2.26. The zero-order valence-electron chi connectivity index (χ0n) is 10.5. The van der Waals surface area contributed by atoms with Crippen molar-refractivity contribution in [2.75, 3.05) is 6.54 Å². The SMILES string of the molecule is CCc1ccc(CC(CN)c2ccccc2F)s1. The zero-order valence-corrected chi connectivity index (χ0v) is 11.3. The van der Waals surface area contributed by atoms with Crippen LogP contribution in [0.4, 0.5) is 4.39 Å². The first kappa shape index (κ1) is 13.2. The highest BCUT2D eigenvalue weighted by molar-refractivity contribution is 7.11. The Morgan fingerprint density at radius 3 is 2.50 bits per heavy atom. The van der Waals surface area contributed by atoms with Gasteiger partial charge < -0.3 is 5.73 Å². The zero-order chi connectivity index (χ0) is 13.0. The molecule has 0 bridgehead atoms. The number of aryl methyl sites for hydroxylation is 1. The topological polar surface area (TPSA) is 26.0 Å². The van der Waals surface area contributed by atoms with E-state index in [1.165, 1.54) is 15.8 Å². The predicted molar refractivity (Wildman–Crippen MR) is 75.6 cm³/mol. The monoisotopic (exact) mass is 263 g/mol. The van der Waals surface area contributed by atoms with Gasteiger partial charge in [-0.25, -0.2) is 4.39 Å². The standard InChI is InChI=1S/C15H18FNS/c1-2-12-7-8-13(18-12)9-11(10-17)14-5-3-4-6-15(14)16/h3-8,11H,2,9-10,17H2,1H3. The van der Waals surface area contributed by atoms with Crippen molar-refractivity contribution in [3.63, 3.8) is 0 Å². The van der Waals surface area contributed by atoms with Gasteiger partial charge in [0.2, 0.25) is 0 Å². The third kappa shape index (κ3) is 2.98. The van der Waals surface area contributed by atoms with E-state index in [1.807, 2.05) is 12.1 Å². The highest BCUT2D eigenvalue weighted by Gasteiger charge is 2.15. The van der Waals surface area contributed by atoms with Crippen LogP contribution in [-0.4, -0.2) is 6.54 Å². The number of benzene rings is 1. The van der Waals surface area contributed by atoms with Gasteiger partial charge in [0.1, 0.15) is 5.82 Å². The van der Waals surface area contributed by atoms with Crippen molar-refractivity contribution in [1.29, 1.82) is 0 Å². The summed E-state index contributed by atoms with van der Waals surface area (Å²) in [7, 11) is 0. The van der Waals surface area contributed by atoms with Crippen molar-refractivity contribution in [1.82, 2.24) is 0 Å². The molecule has 0 aliphatic carbocycles. The Bertz CT molecular complexity index is 507. The Hall–Kier alpha value is -1.19. The molecule has 1 aromatic heterocycles. The quantitative estimate of drug-likeness (QED) is 0.874. The summed E-state index contributed by atoms with van der Waals surface area (Å²) in [4.78, 5) is 2.65. The summed E-state index contributed by atoms with van der Waals surface area (Å²) in [5.41, 5.74) is 6.53. The van der Waals surface area contributed by atoms with Crippen LogP contribution in [0.25, 0.3) is 0 Å². The van der Waals surface area contributed by atoms with Gasteiger partial charge in [-0.05, 0) is 43.1 Å². The first-order valence-corrected chi connectivity index (χ1v) is 7.08. The Kier molecular flexibility index (Phi) is 4.50. The van der Waals surface area contributed by atoms with Crippen molar-refractivity contribution >= 4 is 11.3 Å². The predicted octanol–water partition coefficient (Wildman–Crippen LogP) is 3.73. The molecule has 0 saturated heterocycles. The molecule has 0 fully saturated rings. The van der Waals surface area contributed by atoms with Gasteiger partial charge in [-0.2, -0.15) is 0 Å². The van der Waals surface area contributed by atoms with Gasteiger partial charge in [0.25, 0.3) is 0 Å². The molecule has 0 aliphatic rings. The molecule has 1 heterocycles. The van der Waals surface area contributed by atoms with Crippen LogP contribution in [0.2, 0.25) is 0 Å². The fraction of sp³-hybridized carbons (Fsp3) is 0.333. The van der Waals surface area contributed by atoms with Crippen molar-refractivity contribution in [3.8, 4) is 0 Å². The van der Waals surface area contributed by atoms with Gasteiger partial charge in [-0.1, -0.05) is 25.1 Å². The molecule has 0 spiro atoms. The number of halogens is 1. The maximum atomic E-state index is 13.7. The summed E-state index contributed by atoms with van der Waals surface area (Å²) < 4.78 is 13.7. The lowest BCUT2D eigenvalue weighted by Gasteiger charge is -2.14. The van der Waals surface area contributed by atoms with E-state index < -0.39 is 0 Å². The second kappa shape index (κ2) is 6.12. The van der Waals surface area contributed by atoms with Gasteiger partial charge in [0.05, 0.1) is 0 Å². The summed E-state index contributed by atoms with van der Waals surface area (Å²) >= 11 is 1.80. The summed E-state index contributed by atoms with van der Waals surface area (Å²) in [6.45, 7) is 2.62. The highest BCUT2D eigenvalue weighted by atomic mass is 32.1. The molecule has 1 nitrogen and oxygen atoms in total. The molecule has 2 N–H and O–H groups in total. The molecule has 0 radical (unpaired) electrons. The van der Waals surface area contributed by atoms with E-state index in [2.05, 4.69) is 19.1 Å². The van der Waals surface area contributed by atoms with Crippen molar-refractivity contribution in [3.05, 3.63) is 57.5 Å². The number of nitrogens with two attached hydrogens (primary N) is 1. The molecule has 3 heteroatoms. The van der Waals surface area contributed by atoms with Gasteiger partial charge in [-0.15, -0.1) is 11.3 Å². The van der Waals surface area contributed by atoms with Crippen LogP contribution in [0.1, 0.15) is 28.2 Å². The molecule has 2 rings (SSSR count). The van der Waals surface area contributed by atoms with E-state index in [1.54, 1.807) is 17.4 Å². The molecule has 2 aromatic rings. The third-order valence-corrected chi connectivity index (χ3v) is 4.39. The average Bonchev–Trinajstić information content (AvgIpc) is 2.85. The number of rotatable bonds is 5. The number of hydrogen-bond acceptors (Lipinski definition) is 2. The first-order valence-electron chi connectivity index (χ1n) is 6.26. The molecular formula is C15H18FNS. The van der Waals surface area contributed by atoms with E-state index in [4.69, 9.17) is 5.73 Å². The number of hydrogen-bond donors (Lipinski definition) is 1. The summed E-state index contributed by atoms with van der Waals surface area (Å²) in [5, 5.41) is 0. The lowest BCUT2D eigenvalue weighted by molar-refractivity contribution is 0.577. The number of thiophene rings is 1. The summed E-state index contributed by atoms with van der Waals surface area (Å²) in [6.07, 6.45) is 1.87. The van der Waals surface area contributed by atoms with Crippen LogP contribution >= 0.6 is 11.3 Å². The first-order chi connectivity index (χ1) is 8.74. The smallest absolute Gasteiger partial charge is 0.126 e. The summed E-state index contributed by atoms with van der Waals surface area (Å²) in [5.74, 6) is -0.0882. The third-order valence-electron chi connectivity index (χ3n) is 3.14. The maximum absolute atomic E-state index is 13.7. The normalized spacial score (nSPS) is 12.6. The lowest BCUT2D eigenvalue weighted by Crippen LogP contribution is -2.15. The van der Waals surface area contributed by atoms with Crippen molar-refractivity contribution in [2.24, 2.45) is 5.73 Å². The molecule has 0 saturated carbocycles. The van der Waals surface area contributed by atoms with Crippen LogP contribution in [0.5, 0.6) is 0 Å². The van der Waals surface area contributed by atoms with Crippen LogP contribution in [0.15, 0.2) is 36.4 Å². The van der Waals surface area contributed by atoms with Crippen molar-refractivity contribution < 1.29 is 4.39 Å². The minimum absolute atomic E-state index is 0.0644. The maximum Gasteiger partial charge on any atom is 0.126 e. The van der Waals surface area contributed by atoms with E-state index in [9.17, 15) is 4.39 Å².